The van der Waals surface area contributed by atoms with Crippen LogP contribution in [-0.2, 0) is 14.1 Å². The number of carbonyl (C=O) groups is 1. The van der Waals surface area contributed by atoms with Crippen LogP contribution in [0.4, 0.5) is 0 Å². The first-order chi connectivity index (χ1) is 17.4. The molecule has 36 heavy (non-hydrogen) atoms. The molecule has 0 atom stereocenters. The SMILES string of the molecule is Cc1nn(C)c2nc(-c3cn(C)c4ccccc34)c(C#N)c(-c3cccc4cccc(C(=O)O)c34)c12. The molecule has 7 heteroatoms. The van der Waals surface area contributed by atoms with Crippen molar-refractivity contribution in [1.29, 1.82) is 5.26 Å². The van der Waals surface area contributed by atoms with E-state index < -0.39 is 5.97 Å². The summed E-state index contributed by atoms with van der Waals surface area (Å²) in [5.74, 6) is -1.02. The Hall–Kier alpha value is -4.96. The molecule has 0 saturated heterocycles. The lowest BCUT2D eigenvalue weighted by molar-refractivity contribution is 0.0699. The first-order valence-corrected chi connectivity index (χ1v) is 11.5. The summed E-state index contributed by atoms with van der Waals surface area (Å²) in [7, 11) is 3.80. The van der Waals surface area contributed by atoms with Crippen molar-refractivity contribution in [1.82, 2.24) is 19.3 Å². The molecule has 0 radical (unpaired) electrons. The monoisotopic (exact) mass is 471 g/mol. The lowest BCUT2D eigenvalue weighted by Crippen LogP contribution is -2.01. The summed E-state index contributed by atoms with van der Waals surface area (Å²) < 4.78 is 3.74. The largest absolute Gasteiger partial charge is 0.478 e. The standard InChI is InChI=1S/C29H21N5O2/c1-16-24-26(19-11-6-8-17-9-7-12-20(25(17)19)29(35)36)21(14-30)27(31-28(24)34(3)32-16)22-15-33(2)23-13-5-4-10-18(22)23/h4-13,15H,1-3H3,(H,35,36). The van der Waals surface area contributed by atoms with E-state index in [1.54, 1.807) is 16.8 Å². The number of benzene rings is 3. The molecular weight excluding hydrogens is 450 g/mol. The van der Waals surface area contributed by atoms with Crippen LogP contribution < -0.4 is 0 Å². The number of para-hydroxylation sites is 1. The van der Waals surface area contributed by atoms with Crippen molar-refractivity contribution < 1.29 is 9.90 Å². The Balaban J connectivity index is 1.84. The average Bonchev–Trinajstić information content (AvgIpc) is 3.37. The Morgan fingerprint density at radius 2 is 1.72 bits per heavy atom. The van der Waals surface area contributed by atoms with Crippen LogP contribution in [0, 0.1) is 18.3 Å². The number of carboxylic acids is 1. The van der Waals surface area contributed by atoms with Crippen molar-refractivity contribution in [3.8, 4) is 28.5 Å². The van der Waals surface area contributed by atoms with Gasteiger partial charge in [0.2, 0.25) is 0 Å². The Bertz CT molecular complexity index is 1920. The number of hydrogen-bond acceptors (Lipinski definition) is 4. The van der Waals surface area contributed by atoms with Crippen molar-refractivity contribution >= 4 is 38.7 Å². The lowest BCUT2D eigenvalue weighted by Gasteiger charge is -2.15. The Kier molecular flexibility index (Phi) is 4.66. The number of rotatable bonds is 3. The van der Waals surface area contributed by atoms with Gasteiger partial charge in [0.25, 0.3) is 0 Å². The predicted octanol–water partition coefficient (Wildman–Crippen LogP) is 5.83. The fourth-order valence-electron chi connectivity index (χ4n) is 5.30. The molecular formula is C29H21N5O2. The number of hydrogen-bond donors (Lipinski definition) is 1. The number of carboxylic acid groups (broad SMARTS) is 1. The first-order valence-electron chi connectivity index (χ1n) is 11.5. The molecule has 0 aliphatic heterocycles. The van der Waals surface area contributed by atoms with Crippen LogP contribution in [0.2, 0.25) is 0 Å². The fourth-order valence-corrected chi connectivity index (χ4v) is 5.30. The highest BCUT2D eigenvalue weighted by molar-refractivity contribution is 6.15. The minimum absolute atomic E-state index is 0.185. The molecule has 0 aliphatic carbocycles. The summed E-state index contributed by atoms with van der Waals surface area (Å²) in [6, 6.07) is 21.3. The fraction of sp³-hybridized carbons (Fsp3) is 0.103. The van der Waals surface area contributed by atoms with E-state index in [-0.39, 0.29) is 5.56 Å². The van der Waals surface area contributed by atoms with Crippen LogP contribution in [0.3, 0.4) is 0 Å². The van der Waals surface area contributed by atoms with Gasteiger partial charge in [0.15, 0.2) is 5.65 Å². The van der Waals surface area contributed by atoms with Crippen LogP contribution in [0.15, 0.2) is 66.9 Å². The van der Waals surface area contributed by atoms with Gasteiger partial charge in [-0.25, -0.2) is 9.78 Å². The molecule has 0 saturated carbocycles. The molecule has 0 bridgehead atoms. The lowest BCUT2D eigenvalue weighted by atomic mass is 9.88. The second-order valence-corrected chi connectivity index (χ2v) is 8.92. The van der Waals surface area contributed by atoms with Gasteiger partial charge in [0.05, 0.1) is 27.9 Å². The van der Waals surface area contributed by atoms with Gasteiger partial charge in [-0.1, -0.05) is 48.5 Å². The van der Waals surface area contributed by atoms with Crippen molar-refractivity contribution in [2.24, 2.45) is 14.1 Å². The molecule has 0 spiro atoms. The summed E-state index contributed by atoms with van der Waals surface area (Å²) in [5, 5.41) is 28.3. The van der Waals surface area contributed by atoms with Crippen molar-refractivity contribution in [2.75, 3.05) is 0 Å². The maximum absolute atomic E-state index is 12.2. The maximum atomic E-state index is 12.2. The zero-order valence-corrected chi connectivity index (χ0v) is 19.9. The van der Waals surface area contributed by atoms with E-state index in [0.29, 0.717) is 33.4 Å². The molecule has 7 nitrogen and oxygen atoms in total. The minimum atomic E-state index is -1.02. The highest BCUT2D eigenvalue weighted by Gasteiger charge is 2.26. The Morgan fingerprint density at radius 1 is 0.972 bits per heavy atom. The zero-order chi connectivity index (χ0) is 25.1. The highest BCUT2D eigenvalue weighted by Crippen LogP contribution is 2.43. The van der Waals surface area contributed by atoms with Crippen LogP contribution in [0.5, 0.6) is 0 Å². The number of aryl methyl sites for hydroxylation is 3. The molecule has 174 valence electrons. The summed E-state index contributed by atoms with van der Waals surface area (Å²) in [6.07, 6.45) is 1.98. The average molecular weight is 472 g/mol. The molecule has 3 aromatic carbocycles. The van der Waals surface area contributed by atoms with Crippen molar-refractivity contribution in [3.05, 3.63) is 83.7 Å². The second kappa shape index (κ2) is 7.79. The Labute approximate surface area is 206 Å². The number of aromatic nitrogens is 4. The predicted molar refractivity (Wildman–Crippen MR) is 140 cm³/mol. The van der Waals surface area contributed by atoms with Gasteiger partial charge in [-0.15, -0.1) is 0 Å². The van der Waals surface area contributed by atoms with Gasteiger partial charge in [0, 0.05) is 47.7 Å². The molecule has 6 rings (SSSR count). The first kappa shape index (κ1) is 21.6. The number of pyridine rings is 1. The molecule has 0 aliphatic rings. The molecule has 3 aromatic heterocycles. The van der Waals surface area contributed by atoms with Gasteiger partial charge >= 0.3 is 5.97 Å². The second-order valence-electron chi connectivity index (χ2n) is 8.92. The third kappa shape index (κ3) is 2.95. The van der Waals surface area contributed by atoms with Crippen LogP contribution >= 0.6 is 0 Å². The van der Waals surface area contributed by atoms with E-state index in [1.807, 2.05) is 80.3 Å². The van der Waals surface area contributed by atoms with Gasteiger partial charge in [0.1, 0.15) is 6.07 Å². The quantitative estimate of drug-likeness (QED) is 0.350. The van der Waals surface area contributed by atoms with Gasteiger partial charge in [-0.05, 0) is 30.0 Å². The summed E-state index contributed by atoms with van der Waals surface area (Å²) in [6.45, 7) is 1.88. The number of fused-ring (bicyclic) bond motifs is 3. The van der Waals surface area contributed by atoms with Crippen LogP contribution in [0.25, 0.3) is 55.1 Å². The number of nitriles is 1. The topological polar surface area (TPSA) is 96.7 Å². The molecule has 0 amide bonds. The van der Waals surface area contributed by atoms with Crippen molar-refractivity contribution in [2.45, 2.75) is 6.92 Å². The number of aromatic carboxylic acids is 1. The van der Waals surface area contributed by atoms with Gasteiger partial charge < -0.3 is 9.67 Å². The van der Waals surface area contributed by atoms with E-state index in [2.05, 4.69) is 11.2 Å². The van der Waals surface area contributed by atoms with Gasteiger partial charge in [-0.2, -0.15) is 10.4 Å². The molecule has 6 aromatic rings. The Morgan fingerprint density at radius 3 is 2.47 bits per heavy atom. The smallest absolute Gasteiger partial charge is 0.336 e. The summed E-state index contributed by atoms with van der Waals surface area (Å²) in [4.78, 5) is 17.2. The van der Waals surface area contributed by atoms with Crippen LogP contribution in [0.1, 0.15) is 21.6 Å². The van der Waals surface area contributed by atoms with Crippen LogP contribution in [-0.4, -0.2) is 30.4 Å². The molecule has 1 N–H and O–H groups in total. The number of nitrogens with zero attached hydrogens (tertiary/aromatic N) is 5. The van der Waals surface area contributed by atoms with E-state index in [0.717, 1.165) is 32.9 Å². The highest BCUT2D eigenvalue weighted by atomic mass is 16.4. The molecule has 3 heterocycles. The van der Waals surface area contributed by atoms with E-state index in [9.17, 15) is 15.2 Å². The molecule has 0 unspecified atom stereocenters. The molecule has 0 fully saturated rings. The summed E-state index contributed by atoms with van der Waals surface area (Å²) >= 11 is 0. The van der Waals surface area contributed by atoms with E-state index in [1.165, 1.54) is 0 Å². The zero-order valence-electron chi connectivity index (χ0n) is 19.9. The third-order valence-electron chi connectivity index (χ3n) is 6.81. The third-order valence-corrected chi connectivity index (χ3v) is 6.81. The maximum Gasteiger partial charge on any atom is 0.336 e. The normalized spacial score (nSPS) is 11.4. The van der Waals surface area contributed by atoms with E-state index >= 15 is 0 Å². The summed E-state index contributed by atoms with van der Waals surface area (Å²) in [5.41, 5.74) is 5.67. The van der Waals surface area contributed by atoms with Crippen molar-refractivity contribution in [3.63, 3.8) is 0 Å². The van der Waals surface area contributed by atoms with Gasteiger partial charge in [-0.3, -0.25) is 4.68 Å². The van der Waals surface area contributed by atoms with E-state index in [4.69, 9.17) is 4.98 Å². The minimum Gasteiger partial charge on any atom is -0.478 e.